The highest BCUT2D eigenvalue weighted by molar-refractivity contribution is 6.33. The molecule has 0 bridgehead atoms. The Morgan fingerprint density at radius 3 is 2.57 bits per heavy atom. The molecule has 2 aromatic heterocycles. The van der Waals surface area contributed by atoms with Gasteiger partial charge in [0.2, 0.25) is 0 Å². The lowest BCUT2D eigenvalue weighted by molar-refractivity contribution is -0.137. The molecule has 4 nitrogen and oxygen atoms in total. The number of rotatable bonds is 4. The van der Waals surface area contributed by atoms with E-state index in [0.29, 0.717) is 16.8 Å². The van der Waals surface area contributed by atoms with Gasteiger partial charge in [0, 0.05) is 16.6 Å². The summed E-state index contributed by atoms with van der Waals surface area (Å²) in [6.45, 7) is 1.80. The van der Waals surface area contributed by atoms with Gasteiger partial charge in [0.1, 0.15) is 23.1 Å². The lowest BCUT2D eigenvalue weighted by Crippen LogP contribution is -2.14. The van der Waals surface area contributed by atoms with E-state index in [1.165, 1.54) is 12.3 Å². The smallest absolute Gasteiger partial charge is 0.416 e. The molecule has 2 N–H and O–H groups in total. The summed E-state index contributed by atoms with van der Waals surface area (Å²) in [6, 6.07) is 12.6. The van der Waals surface area contributed by atoms with Gasteiger partial charge in [0.25, 0.3) is 0 Å². The van der Waals surface area contributed by atoms with E-state index in [2.05, 4.69) is 10.3 Å². The summed E-state index contributed by atoms with van der Waals surface area (Å²) in [5, 5.41) is 14.7. The number of anilines is 1. The molecule has 0 aliphatic carbocycles. The number of aryl methyl sites for hydroxylation is 1. The first-order valence-electron chi connectivity index (χ1n) is 9.00. The molecular weight excluding hydrogens is 417 g/mol. The highest BCUT2D eigenvalue weighted by atomic mass is 35.5. The van der Waals surface area contributed by atoms with Gasteiger partial charge < -0.3 is 14.8 Å². The average Bonchev–Trinajstić information content (AvgIpc) is 3.22. The van der Waals surface area contributed by atoms with Gasteiger partial charge in [-0.3, -0.25) is 0 Å². The molecule has 0 fully saturated rings. The van der Waals surface area contributed by atoms with Crippen LogP contribution in [0.4, 0.5) is 18.9 Å². The van der Waals surface area contributed by atoms with Crippen molar-refractivity contribution in [2.24, 2.45) is 0 Å². The highest BCUT2D eigenvalue weighted by Gasteiger charge is 2.31. The van der Waals surface area contributed by atoms with Gasteiger partial charge in [-0.2, -0.15) is 13.2 Å². The number of aromatic nitrogens is 1. The van der Waals surface area contributed by atoms with Crippen LogP contribution in [0, 0.1) is 6.92 Å². The van der Waals surface area contributed by atoms with Crippen LogP contribution in [-0.2, 0) is 6.18 Å². The van der Waals surface area contributed by atoms with Crippen molar-refractivity contribution in [2.45, 2.75) is 19.1 Å². The minimum absolute atomic E-state index is 0.0598. The number of hydrogen-bond donors (Lipinski definition) is 2. The molecule has 0 saturated heterocycles. The van der Waals surface area contributed by atoms with Crippen molar-refractivity contribution in [1.29, 1.82) is 0 Å². The SMILES string of the molecule is Cc1ccc2ccc(C(Nc3cc(C(F)(F)F)ccc3Cl)c3ccco3)c(O)c2n1. The van der Waals surface area contributed by atoms with E-state index in [1.54, 1.807) is 31.2 Å². The van der Waals surface area contributed by atoms with E-state index in [9.17, 15) is 18.3 Å². The largest absolute Gasteiger partial charge is 0.505 e. The summed E-state index contributed by atoms with van der Waals surface area (Å²) >= 11 is 6.16. The van der Waals surface area contributed by atoms with Crippen molar-refractivity contribution in [3.63, 3.8) is 0 Å². The molecule has 8 heteroatoms. The first kappa shape index (κ1) is 20.1. The Morgan fingerprint density at radius 2 is 1.87 bits per heavy atom. The van der Waals surface area contributed by atoms with Crippen molar-refractivity contribution >= 4 is 28.2 Å². The number of halogens is 4. The standard InChI is InChI=1S/C22H16ClF3N2O2/c1-12-4-5-13-6-8-15(21(29)19(13)27-12)20(18-3-2-10-30-18)28-17-11-14(22(24,25)26)7-9-16(17)23/h2-11,20,28-29H,1H3. The molecule has 4 rings (SSSR count). The molecule has 30 heavy (non-hydrogen) atoms. The Hall–Kier alpha value is -3.19. The fraction of sp³-hybridized carbons (Fsp3) is 0.136. The van der Waals surface area contributed by atoms with Crippen LogP contribution < -0.4 is 5.32 Å². The van der Waals surface area contributed by atoms with Gasteiger partial charge in [0.05, 0.1) is 22.5 Å². The van der Waals surface area contributed by atoms with E-state index in [4.69, 9.17) is 16.0 Å². The number of fused-ring (bicyclic) bond motifs is 1. The number of phenolic OH excluding ortho intramolecular Hbond substituents is 1. The highest BCUT2D eigenvalue weighted by Crippen LogP contribution is 2.40. The van der Waals surface area contributed by atoms with Crippen LogP contribution in [0.15, 0.2) is 65.3 Å². The van der Waals surface area contributed by atoms with Gasteiger partial charge in [-0.05, 0) is 43.3 Å². The predicted molar refractivity (Wildman–Crippen MR) is 109 cm³/mol. The molecule has 1 atom stereocenters. The number of hydrogen-bond acceptors (Lipinski definition) is 4. The van der Waals surface area contributed by atoms with Crippen LogP contribution in [0.5, 0.6) is 5.75 Å². The molecule has 1 unspecified atom stereocenters. The fourth-order valence-corrected chi connectivity index (χ4v) is 3.42. The number of nitrogens with zero attached hydrogens (tertiary/aromatic N) is 1. The number of nitrogens with one attached hydrogen (secondary N) is 1. The zero-order valence-corrected chi connectivity index (χ0v) is 16.4. The summed E-state index contributed by atoms with van der Waals surface area (Å²) in [7, 11) is 0. The zero-order valence-electron chi connectivity index (χ0n) is 15.7. The first-order valence-corrected chi connectivity index (χ1v) is 9.38. The molecule has 0 aliphatic rings. The summed E-state index contributed by atoms with van der Waals surface area (Å²) in [6.07, 6.45) is -3.08. The molecule has 0 amide bonds. The van der Waals surface area contributed by atoms with Gasteiger partial charge in [0.15, 0.2) is 0 Å². The minimum Gasteiger partial charge on any atom is -0.505 e. The van der Waals surface area contributed by atoms with Gasteiger partial charge >= 0.3 is 6.18 Å². The van der Waals surface area contributed by atoms with Crippen LogP contribution in [-0.4, -0.2) is 10.1 Å². The Kier molecular flexibility index (Phi) is 5.07. The van der Waals surface area contributed by atoms with E-state index >= 15 is 0 Å². The predicted octanol–water partition coefficient (Wildman–Crippen LogP) is 6.72. The Labute approximate surface area is 174 Å². The monoisotopic (exact) mass is 432 g/mol. The topological polar surface area (TPSA) is 58.3 Å². The maximum Gasteiger partial charge on any atom is 0.416 e. The number of aromatic hydroxyl groups is 1. The molecule has 0 saturated carbocycles. The normalized spacial score (nSPS) is 12.8. The van der Waals surface area contributed by atoms with E-state index in [0.717, 1.165) is 23.2 Å². The third-order valence-corrected chi connectivity index (χ3v) is 5.07. The molecule has 4 aromatic rings. The van der Waals surface area contributed by atoms with Crippen molar-refractivity contribution in [2.75, 3.05) is 5.32 Å². The quantitative estimate of drug-likeness (QED) is 0.376. The van der Waals surface area contributed by atoms with Crippen molar-refractivity contribution in [3.8, 4) is 5.75 Å². The third-order valence-electron chi connectivity index (χ3n) is 4.74. The van der Waals surface area contributed by atoms with Crippen LogP contribution in [0.1, 0.15) is 28.6 Å². The van der Waals surface area contributed by atoms with Gasteiger partial charge in [-0.15, -0.1) is 0 Å². The lowest BCUT2D eigenvalue weighted by atomic mass is 10.00. The van der Waals surface area contributed by atoms with Crippen LogP contribution in [0.3, 0.4) is 0 Å². The summed E-state index contributed by atoms with van der Waals surface area (Å²) in [4.78, 5) is 4.39. The zero-order chi connectivity index (χ0) is 21.5. The van der Waals surface area contributed by atoms with Crippen LogP contribution >= 0.6 is 11.6 Å². The maximum absolute atomic E-state index is 13.2. The third kappa shape index (κ3) is 3.80. The number of pyridine rings is 1. The lowest BCUT2D eigenvalue weighted by Gasteiger charge is -2.21. The molecular formula is C22H16ClF3N2O2. The van der Waals surface area contributed by atoms with Crippen molar-refractivity contribution in [3.05, 3.63) is 88.5 Å². The number of benzene rings is 2. The minimum atomic E-state index is -4.52. The molecule has 0 aliphatic heterocycles. The fourth-order valence-electron chi connectivity index (χ4n) is 3.25. The van der Waals surface area contributed by atoms with Crippen molar-refractivity contribution < 1.29 is 22.7 Å². The Morgan fingerprint density at radius 1 is 1.10 bits per heavy atom. The number of phenols is 1. The van der Waals surface area contributed by atoms with E-state index < -0.39 is 17.8 Å². The number of alkyl halides is 3. The van der Waals surface area contributed by atoms with Crippen LogP contribution in [0.25, 0.3) is 10.9 Å². The second-order valence-corrected chi connectivity index (χ2v) is 7.22. The van der Waals surface area contributed by atoms with E-state index in [-0.39, 0.29) is 16.5 Å². The van der Waals surface area contributed by atoms with Gasteiger partial charge in [-0.1, -0.05) is 29.8 Å². The summed E-state index contributed by atoms with van der Waals surface area (Å²) < 4.78 is 45.0. The molecule has 0 spiro atoms. The Balaban J connectivity index is 1.84. The molecule has 0 radical (unpaired) electrons. The first-order chi connectivity index (χ1) is 14.2. The maximum atomic E-state index is 13.2. The van der Waals surface area contributed by atoms with Crippen LogP contribution in [0.2, 0.25) is 5.02 Å². The second kappa shape index (κ2) is 7.57. The van der Waals surface area contributed by atoms with Gasteiger partial charge in [-0.25, -0.2) is 4.98 Å². The Bertz CT molecular complexity index is 1210. The summed E-state index contributed by atoms with van der Waals surface area (Å²) in [5.41, 5.74) is 0.723. The van der Waals surface area contributed by atoms with E-state index in [1.807, 2.05) is 12.1 Å². The van der Waals surface area contributed by atoms with Crippen molar-refractivity contribution in [1.82, 2.24) is 4.98 Å². The molecule has 154 valence electrons. The summed E-state index contributed by atoms with van der Waals surface area (Å²) in [5.74, 6) is 0.305. The average molecular weight is 433 g/mol. The number of furan rings is 1. The second-order valence-electron chi connectivity index (χ2n) is 6.81. The molecule has 2 aromatic carbocycles. The molecule has 2 heterocycles.